The van der Waals surface area contributed by atoms with Gasteiger partial charge in [-0.05, 0) is 105 Å². The summed E-state index contributed by atoms with van der Waals surface area (Å²) in [6.07, 6.45) is 0. The van der Waals surface area contributed by atoms with Crippen molar-refractivity contribution in [2.24, 2.45) is 0 Å². The quantitative estimate of drug-likeness (QED) is 0.181. The Morgan fingerprint density at radius 2 is 1.20 bits per heavy atom. The molecule has 0 N–H and O–H groups in total. The van der Waals surface area contributed by atoms with Gasteiger partial charge in [0.05, 0.1) is 23.7 Å². The predicted octanol–water partition coefficient (Wildman–Crippen LogP) is 11.4. The molecule has 2 heterocycles. The van der Waals surface area contributed by atoms with E-state index in [0.29, 0.717) is 45.2 Å². The van der Waals surface area contributed by atoms with E-state index in [9.17, 15) is 5.26 Å². The first-order valence-corrected chi connectivity index (χ1v) is 16.0. The van der Waals surface area contributed by atoms with Crippen LogP contribution in [0.3, 0.4) is 0 Å². The van der Waals surface area contributed by atoms with Crippen molar-refractivity contribution >= 4 is 27.9 Å². The summed E-state index contributed by atoms with van der Waals surface area (Å²) in [6, 6.07) is 42.7. The number of benzene rings is 6. The Kier molecular flexibility index (Phi) is 6.18. The van der Waals surface area contributed by atoms with Crippen LogP contribution in [-0.2, 0) is 5.41 Å². The number of nitrogens with zero attached hydrogens (tertiary/aromatic N) is 4. The highest BCUT2D eigenvalue weighted by Gasteiger charge is 2.35. The molecule has 0 saturated carbocycles. The minimum absolute atomic E-state index is 0.0918. The number of nitriles is 1. The number of aromatic nitrogens is 2. The van der Waals surface area contributed by atoms with Crippen LogP contribution in [0.2, 0.25) is 0 Å². The smallest absolute Gasteiger partial charge is 0.227 e. The Morgan fingerprint density at radius 1 is 0.592 bits per heavy atom. The molecule has 2 aromatic heterocycles. The lowest BCUT2D eigenvalue weighted by molar-refractivity contribution is 0.617. The lowest BCUT2D eigenvalue weighted by Gasteiger charge is -2.22. The van der Waals surface area contributed by atoms with Crippen LogP contribution in [0.5, 0.6) is 0 Å². The standard InChI is InChI=1S/C43H26N4O2/c1-43(2)35-10-5-4-9-33(35)34-14-12-28(22-36(34)43)26-7-6-8-27(18-26)29-19-30(41-46-37-17-25(24-44)11-15-39(37)48-41)21-31(20-29)42-47-38-23-32(45-3)13-16-40(38)49-42/h4-23H,1-2H3. The van der Waals surface area contributed by atoms with E-state index < -0.39 is 0 Å². The molecule has 6 nitrogen and oxygen atoms in total. The summed E-state index contributed by atoms with van der Waals surface area (Å²) in [5.74, 6) is 0.857. The minimum atomic E-state index is -0.0918. The number of hydrogen-bond acceptors (Lipinski definition) is 5. The van der Waals surface area contributed by atoms with Gasteiger partial charge in [0.15, 0.2) is 16.9 Å². The van der Waals surface area contributed by atoms with Crippen molar-refractivity contribution in [3.63, 3.8) is 0 Å². The van der Waals surface area contributed by atoms with Crippen molar-refractivity contribution in [1.82, 2.24) is 9.97 Å². The Morgan fingerprint density at radius 3 is 1.94 bits per heavy atom. The first-order valence-electron chi connectivity index (χ1n) is 16.0. The third-order valence-corrected chi connectivity index (χ3v) is 9.56. The van der Waals surface area contributed by atoms with Gasteiger partial charge in [-0.2, -0.15) is 5.26 Å². The van der Waals surface area contributed by atoms with Crippen molar-refractivity contribution in [3.05, 3.63) is 149 Å². The van der Waals surface area contributed by atoms with Crippen LogP contribution in [0.25, 0.3) is 83.3 Å². The van der Waals surface area contributed by atoms with Crippen LogP contribution in [0.1, 0.15) is 30.5 Å². The van der Waals surface area contributed by atoms with Gasteiger partial charge < -0.3 is 8.83 Å². The van der Waals surface area contributed by atoms with Gasteiger partial charge in [0.2, 0.25) is 11.8 Å². The first-order chi connectivity index (χ1) is 23.9. The monoisotopic (exact) mass is 630 g/mol. The topological polar surface area (TPSA) is 80.2 Å². The van der Waals surface area contributed by atoms with Gasteiger partial charge in [0, 0.05) is 16.5 Å². The molecule has 230 valence electrons. The van der Waals surface area contributed by atoms with Crippen LogP contribution in [-0.4, -0.2) is 9.97 Å². The Balaban J connectivity index is 1.18. The van der Waals surface area contributed by atoms with Crippen LogP contribution in [0, 0.1) is 17.9 Å². The van der Waals surface area contributed by atoms with Crippen LogP contribution < -0.4 is 0 Å². The highest BCUT2D eigenvalue weighted by Crippen LogP contribution is 2.49. The second kappa shape index (κ2) is 10.6. The molecule has 0 unspecified atom stereocenters. The molecule has 8 aromatic rings. The summed E-state index contributed by atoms with van der Waals surface area (Å²) in [5.41, 5.74) is 14.3. The van der Waals surface area contributed by atoms with Gasteiger partial charge in [-0.15, -0.1) is 0 Å². The van der Waals surface area contributed by atoms with Gasteiger partial charge in [-0.3, -0.25) is 0 Å². The average Bonchev–Trinajstić information content (AvgIpc) is 3.84. The van der Waals surface area contributed by atoms with Gasteiger partial charge in [-0.25, -0.2) is 14.8 Å². The fraction of sp³-hybridized carbons (Fsp3) is 0.0698. The molecule has 1 aliphatic rings. The summed E-state index contributed by atoms with van der Waals surface area (Å²) >= 11 is 0. The van der Waals surface area contributed by atoms with Gasteiger partial charge in [0.1, 0.15) is 5.52 Å². The van der Waals surface area contributed by atoms with Crippen molar-refractivity contribution in [3.8, 4) is 62.4 Å². The first kappa shape index (κ1) is 28.5. The normalized spacial score (nSPS) is 12.8. The molecule has 0 fully saturated rings. The highest BCUT2D eigenvalue weighted by molar-refractivity contribution is 5.87. The molecule has 9 rings (SSSR count). The highest BCUT2D eigenvalue weighted by atomic mass is 16.4. The number of rotatable bonds is 4. The maximum Gasteiger partial charge on any atom is 0.227 e. The van der Waals surface area contributed by atoms with Gasteiger partial charge in [0.25, 0.3) is 0 Å². The van der Waals surface area contributed by atoms with Gasteiger partial charge in [-0.1, -0.05) is 74.5 Å². The second-order valence-corrected chi connectivity index (χ2v) is 12.9. The van der Waals surface area contributed by atoms with Crippen molar-refractivity contribution in [2.45, 2.75) is 19.3 Å². The molecule has 1 aliphatic carbocycles. The Bertz CT molecular complexity index is 2620. The summed E-state index contributed by atoms with van der Waals surface area (Å²) in [6.45, 7) is 12.0. The molecule has 0 spiro atoms. The fourth-order valence-corrected chi connectivity index (χ4v) is 7.03. The zero-order valence-electron chi connectivity index (χ0n) is 26.7. The van der Waals surface area contributed by atoms with E-state index in [1.807, 2.05) is 6.07 Å². The molecular formula is C43H26N4O2. The van der Waals surface area contributed by atoms with E-state index in [2.05, 4.69) is 104 Å². The number of oxazole rings is 2. The van der Waals surface area contributed by atoms with E-state index in [4.69, 9.17) is 25.4 Å². The molecule has 0 radical (unpaired) electrons. The summed E-state index contributed by atoms with van der Waals surface area (Å²) in [7, 11) is 0. The Hall–Kier alpha value is -6.76. The number of hydrogen-bond donors (Lipinski definition) is 0. The van der Waals surface area contributed by atoms with E-state index in [1.165, 1.54) is 22.3 Å². The second-order valence-electron chi connectivity index (χ2n) is 12.9. The molecular weight excluding hydrogens is 604 g/mol. The SMILES string of the molecule is [C-]#[N+]c1ccc2oc(-c3cc(-c4cccc(-c5ccc6c(c5)C(C)(C)c5ccccc5-6)c4)cc(-c4nc5cc(C#N)ccc5o4)c3)nc2c1. The largest absolute Gasteiger partial charge is 0.436 e. The molecule has 6 aromatic carbocycles. The Labute approximate surface area is 282 Å². The average molecular weight is 631 g/mol. The zero-order chi connectivity index (χ0) is 33.3. The molecule has 0 saturated heterocycles. The maximum absolute atomic E-state index is 9.41. The molecule has 6 heteroatoms. The van der Waals surface area contributed by atoms with Gasteiger partial charge >= 0.3 is 0 Å². The van der Waals surface area contributed by atoms with Crippen molar-refractivity contribution < 1.29 is 8.83 Å². The van der Waals surface area contributed by atoms with Crippen LogP contribution >= 0.6 is 0 Å². The van der Waals surface area contributed by atoms with Crippen LogP contribution in [0.15, 0.2) is 130 Å². The number of fused-ring (bicyclic) bond motifs is 5. The van der Waals surface area contributed by atoms with E-state index >= 15 is 0 Å². The predicted molar refractivity (Wildman–Crippen MR) is 192 cm³/mol. The lowest BCUT2D eigenvalue weighted by atomic mass is 9.81. The van der Waals surface area contributed by atoms with E-state index in [0.717, 1.165) is 33.4 Å². The molecule has 0 bridgehead atoms. The lowest BCUT2D eigenvalue weighted by Crippen LogP contribution is -2.14. The van der Waals surface area contributed by atoms with Crippen molar-refractivity contribution in [2.75, 3.05) is 0 Å². The summed E-state index contributed by atoms with van der Waals surface area (Å²) in [5, 5.41) is 9.41. The molecule has 49 heavy (non-hydrogen) atoms. The molecule has 0 amide bonds. The third kappa shape index (κ3) is 4.62. The summed E-state index contributed by atoms with van der Waals surface area (Å²) < 4.78 is 12.4. The molecule has 0 aliphatic heterocycles. The minimum Gasteiger partial charge on any atom is -0.436 e. The van der Waals surface area contributed by atoms with Crippen LogP contribution in [0.4, 0.5) is 5.69 Å². The molecule has 0 atom stereocenters. The van der Waals surface area contributed by atoms with E-state index in [-0.39, 0.29) is 5.41 Å². The fourth-order valence-electron chi connectivity index (χ4n) is 7.03. The van der Waals surface area contributed by atoms with E-state index in [1.54, 1.807) is 36.4 Å². The maximum atomic E-state index is 9.41. The zero-order valence-corrected chi connectivity index (χ0v) is 26.7. The third-order valence-electron chi connectivity index (χ3n) is 9.56. The summed E-state index contributed by atoms with van der Waals surface area (Å²) in [4.78, 5) is 13.1. The van der Waals surface area contributed by atoms with Crippen molar-refractivity contribution in [1.29, 1.82) is 5.26 Å².